The van der Waals surface area contributed by atoms with Crippen LogP contribution in [0.15, 0.2) is 24.3 Å². The molecule has 0 saturated heterocycles. The lowest BCUT2D eigenvalue weighted by Crippen LogP contribution is -2.39. The molecule has 0 unspecified atom stereocenters. The van der Waals surface area contributed by atoms with E-state index in [9.17, 15) is 0 Å². The summed E-state index contributed by atoms with van der Waals surface area (Å²) < 4.78 is 0. The molecule has 1 aromatic rings. The Labute approximate surface area is 122 Å². The molecular weight excluding hydrogens is 256 g/mol. The van der Waals surface area contributed by atoms with Crippen molar-refractivity contribution >= 4 is 17.3 Å². The fraction of sp³-hybridized carbons (Fsp3) is 0.625. The minimum absolute atomic E-state index is 0.796. The van der Waals surface area contributed by atoms with Crippen LogP contribution in [0.2, 0.25) is 5.02 Å². The summed E-state index contributed by atoms with van der Waals surface area (Å²) >= 11 is 5.98. The van der Waals surface area contributed by atoms with E-state index in [1.165, 1.54) is 32.1 Å². The average molecular weight is 281 g/mol. The summed E-state index contributed by atoms with van der Waals surface area (Å²) in [6.07, 6.45) is 7.00. The maximum absolute atomic E-state index is 5.98. The van der Waals surface area contributed by atoms with Gasteiger partial charge in [-0.2, -0.15) is 0 Å². The van der Waals surface area contributed by atoms with E-state index in [0.29, 0.717) is 0 Å². The summed E-state index contributed by atoms with van der Waals surface area (Å²) in [4.78, 5) is 2.62. The summed E-state index contributed by atoms with van der Waals surface area (Å²) in [6, 6.07) is 8.76. The van der Waals surface area contributed by atoms with Gasteiger partial charge in [-0.3, -0.25) is 4.90 Å². The second-order valence-corrected chi connectivity index (χ2v) is 5.79. The van der Waals surface area contributed by atoms with Gasteiger partial charge in [0.25, 0.3) is 0 Å². The minimum atomic E-state index is 0.796. The molecule has 2 rings (SSSR count). The van der Waals surface area contributed by atoms with Crippen LogP contribution in [0.4, 0.5) is 5.69 Å². The van der Waals surface area contributed by atoms with E-state index in [1.54, 1.807) is 0 Å². The van der Waals surface area contributed by atoms with Crippen LogP contribution in [0.3, 0.4) is 0 Å². The SMILES string of the molecule is CCN(CCNc1cccc(Cl)c1)C1CCCCC1. The van der Waals surface area contributed by atoms with E-state index >= 15 is 0 Å². The summed E-state index contributed by atoms with van der Waals surface area (Å²) in [6.45, 7) is 5.54. The number of hydrogen-bond acceptors (Lipinski definition) is 2. The lowest BCUT2D eigenvalue weighted by Gasteiger charge is -2.33. The molecule has 0 amide bonds. The average Bonchev–Trinajstić information content (AvgIpc) is 2.45. The first-order valence-electron chi connectivity index (χ1n) is 7.53. The molecule has 1 aliphatic carbocycles. The Bertz CT molecular complexity index is 375. The van der Waals surface area contributed by atoms with Gasteiger partial charge in [-0.15, -0.1) is 0 Å². The second-order valence-electron chi connectivity index (χ2n) is 5.36. The third-order valence-corrected chi connectivity index (χ3v) is 4.29. The zero-order valence-electron chi connectivity index (χ0n) is 11.9. The highest BCUT2D eigenvalue weighted by atomic mass is 35.5. The topological polar surface area (TPSA) is 15.3 Å². The van der Waals surface area contributed by atoms with E-state index < -0.39 is 0 Å². The number of nitrogens with one attached hydrogen (secondary N) is 1. The van der Waals surface area contributed by atoms with Crippen LogP contribution in [0.5, 0.6) is 0 Å². The predicted molar refractivity (Wildman–Crippen MR) is 84.1 cm³/mol. The van der Waals surface area contributed by atoms with Gasteiger partial charge in [-0.05, 0) is 37.6 Å². The first kappa shape index (κ1) is 14.7. The molecule has 1 N–H and O–H groups in total. The maximum Gasteiger partial charge on any atom is 0.0426 e. The smallest absolute Gasteiger partial charge is 0.0426 e. The lowest BCUT2D eigenvalue weighted by molar-refractivity contribution is 0.169. The fourth-order valence-electron chi connectivity index (χ4n) is 2.99. The van der Waals surface area contributed by atoms with Gasteiger partial charge in [0, 0.05) is 29.8 Å². The van der Waals surface area contributed by atoms with Crippen molar-refractivity contribution in [2.45, 2.75) is 45.1 Å². The number of benzene rings is 1. The van der Waals surface area contributed by atoms with Crippen molar-refractivity contribution in [3.05, 3.63) is 29.3 Å². The molecule has 0 aliphatic heterocycles. The molecule has 1 aromatic carbocycles. The maximum atomic E-state index is 5.98. The standard InChI is InChI=1S/C16H25ClN2/c1-2-19(16-9-4-3-5-10-16)12-11-18-15-8-6-7-14(17)13-15/h6-8,13,16,18H,2-5,9-12H2,1H3. The third-order valence-electron chi connectivity index (χ3n) is 4.05. The van der Waals surface area contributed by atoms with Crippen LogP contribution in [0.1, 0.15) is 39.0 Å². The van der Waals surface area contributed by atoms with Crippen LogP contribution >= 0.6 is 11.6 Å². The number of halogens is 1. The predicted octanol–water partition coefficient (Wildman–Crippen LogP) is 4.41. The molecule has 0 heterocycles. The van der Waals surface area contributed by atoms with E-state index in [2.05, 4.69) is 23.2 Å². The number of hydrogen-bond donors (Lipinski definition) is 1. The lowest BCUT2D eigenvalue weighted by atomic mass is 9.94. The highest BCUT2D eigenvalue weighted by molar-refractivity contribution is 6.30. The Morgan fingerprint density at radius 1 is 1.26 bits per heavy atom. The van der Waals surface area contributed by atoms with Gasteiger partial charge in [-0.25, -0.2) is 0 Å². The summed E-state index contributed by atoms with van der Waals surface area (Å²) in [5, 5.41) is 4.26. The van der Waals surface area contributed by atoms with E-state index in [0.717, 1.165) is 36.4 Å². The second kappa shape index (κ2) is 7.76. The molecule has 106 valence electrons. The van der Waals surface area contributed by atoms with Crippen molar-refractivity contribution in [3.63, 3.8) is 0 Å². The van der Waals surface area contributed by atoms with Gasteiger partial charge in [0.15, 0.2) is 0 Å². The van der Waals surface area contributed by atoms with Gasteiger partial charge >= 0.3 is 0 Å². The van der Waals surface area contributed by atoms with Gasteiger partial charge in [-0.1, -0.05) is 43.9 Å². The molecule has 2 nitrogen and oxygen atoms in total. The monoisotopic (exact) mass is 280 g/mol. The largest absolute Gasteiger partial charge is 0.384 e. The normalized spacial score (nSPS) is 16.8. The van der Waals surface area contributed by atoms with Crippen LogP contribution < -0.4 is 5.32 Å². The van der Waals surface area contributed by atoms with E-state index in [-0.39, 0.29) is 0 Å². The molecule has 3 heteroatoms. The molecule has 0 bridgehead atoms. The number of likely N-dealkylation sites (N-methyl/N-ethyl adjacent to an activating group) is 1. The Hall–Kier alpha value is -0.730. The molecule has 1 saturated carbocycles. The highest BCUT2D eigenvalue weighted by Crippen LogP contribution is 2.22. The van der Waals surface area contributed by atoms with Gasteiger partial charge in [0.1, 0.15) is 0 Å². The zero-order valence-corrected chi connectivity index (χ0v) is 12.6. The molecule has 1 aliphatic rings. The molecule has 0 aromatic heterocycles. The Morgan fingerprint density at radius 2 is 2.05 bits per heavy atom. The van der Waals surface area contributed by atoms with Crippen molar-refractivity contribution in [1.82, 2.24) is 4.90 Å². The van der Waals surface area contributed by atoms with E-state index in [1.807, 2.05) is 18.2 Å². The van der Waals surface area contributed by atoms with Crippen molar-refractivity contribution in [1.29, 1.82) is 0 Å². The van der Waals surface area contributed by atoms with Crippen molar-refractivity contribution in [2.75, 3.05) is 25.0 Å². The number of nitrogens with zero attached hydrogens (tertiary/aromatic N) is 1. The molecule has 0 spiro atoms. The van der Waals surface area contributed by atoms with Crippen LogP contribution in [0.25, 0.3) is 0 Å². The Morgan fingerprint density at radius 3 is 2.74 bits per heavy atom. The third kappa shape index (κ3) is 4.70. The van der Waals surface area contributed by atoms with Gasteiger partial charge < -0.3 is 5.32 Å². The molecular formula is C16H25ClN2. The fourth-order valence-corrected chi connectivity index (χ4v) is 3.18. The number of anilines is 1. The summed E-state index contributed by atoms with van der Waals surface area (Å²) in [7, 11) is 0. The van der Waals surface area contributed by atoms with Crippen molar-refractivity contribution in [3.8, 4) is 0 Å². The summed E-state index contributed by atoms with van der Waals surface area (Å²) in [5.41, 5.74) is 1.12. The quantitative estimate of drug-likeness (QED) is 0.830. The van der Waals surface area contributed by atoms with Crippen LogP contribution in [-0.2, 0) is 0 Å². The zero-order chi connectivity index (χ0) is 13.5. The van der Waals surface area contributed by atoms with Gasteiger partial charge in [0.05, 0.1) is 0 Å². The van der Waals surface area contributed by atoms with Crippen LogP contribution in [0, 0.1) is 0 Å². The Kier molecular flexibility index (Phi) is 5.99. The van der Waals surface area contributed by atoms with Crippen LogP contribution in [-0.4, -0.2) is 30.6 Å². The number of rotatable bonds is 6. The first-order valence-corrected chi connectivity index (χ1v) is 7.91. The molecule has 19 heavy (non-hydrogen) atoms. The first-order chi connectivity index (χ1) is 9.29. The Balaban J connectivity index is 1.76. The summed E-state index contributed by atoms with van der Waals surface area (Å²) in [5.74, 6) is 0. The van der Waals surface area contributed by atoms with Gasteiger partial charge in [0.2, 0.25) is 0 Å². The highest BCUT2D eigenvalue weighted by Gasteiger charge is 2.19. The molecule has 1 fully saturated rings. The molecule has 0 radical (unpaired) electrons. The van der Waals surface area contributed by atoms with Crippen molar-refractivity contribution < 1.29 is 0 Å². The van der Waals surface area contributed by atoms with Crippen molar-refractivity contribution in [2.24, 2.45) is 0 Å². The van der Waals surface area contributed by atoms with E-state index in [4.69, 9.17) is 11.6 Å². The minimum Gasteiger partial charge on any atom is -0.384 e. The molecule has 0 atom stereocenters.